The summed E-state index contributed by atoms with van der Waals surface area (Å²) >= 11 is 3.71. The molecule has 2 aliphatic rings. The van der Waals surface area contributed by atoms with E-state index in [1.165, 1.54) is 30.3 Å². The summed E-state index contributed by atoms with van der Waals surface area (Å²) < 4.78 is 12.3. The Morgan fingerprint density at radius 1 is 1.32 bits per heavy atom. The molecule has 1 aromatic carbocycles. The van der Waals surface area contributed by atoms with Crippen molar-refractivity contribution in [3.8, 4) is 5.75 Å². The fourth-order valence-electron chi connectivity index (χ4n) is 4.51. The molecule has 10 nitrogen and oxygen atoms in total. The Kier molecular flexibility index (Phi) is 8.02. The van der Waals surface area contributed by atoms with E-state index in [-0.39, 0.29) is 18.1 Å². The number of anilines is 1. The van der Waals surface area contributed by atoms with Crippen LogP contribution in [0.25, 0.3) is 0 Å². The molecule has 1 saturated carbocycles. The maximum atomic E-state index is 12.6. The zero-order valence-corrected chi connectivity index (χ0v) is 22.3. The lowest BCUT2D eigenvalue weighted by Gasteiger charge is -2.31. The molecule has 3 N–H and O–H groups in total. The van der Waals surface area contributed by atoms with E-state index < -0.39 is 6.10 Å². The molecule has 1 aliphatic carbocycles. The van der Waals surface area contributed by atoms with Crippen LogP contribution in [0.4, 0.5) is 5.82 Å². The van der Waals surface area contributed by atoms with E-state index in [4.69, 9.17) is 9.15 Å². The minimum Gasteiger partial charge on any atom is -0.484 e. The van der Waals surface area contributed by atoms with Crippen molar-refractivity contribution in [3.05, 3.63) is 63.7 Å². The first-order valence-electron chi connectivity index (χ1n) is 12.6. The summed E-state index contributed by atoms with van der Waals surface area (Å²) in [5.74, 6) is 1.81. The van der Waals surface area contributed by atoms with Gasteiger partial charge >= 0.3 is 0 Å². The first-order valence-corrected chi connectivity index (χ1v) is 13.3. The van der Waals surface area contributed by atoms with Gasteiger partial charge in [-0.05, 0) is 65.7 Å². The normalized spacial score (nSPS) is 16.5. The summed E-state index contributed by atoms with van der Waals surface area (Å²) in [4.78, 5) is 27.1. The highest BCUT2D eigenvalue weighted by atomic mass is 79.9. The van der Waals surface area contributed by atoms with Crippen LogP contribution >= 0.6 is 15.9 Å². The molecule has 3 heterocycles. The Morgan fingerprint density at radius 3 is 2.95 bits per heavy atom. The second-order valence-corrected chi connectivity index (χ2v) is 10.4. The molecular weight excluding hydrogens is 540 g/mol. The third kappa shape index (κ3) is 6.28. The van der Waals surface area contributed by atoms with Crippen LogP contribution in [0.3, 0.4) is 0 Å². The maximum absolute atomic E-state index is 12.6. The summed E-state index contributed by atoms with van der Waals surface area (Å²) in [6.45, 7) is 4.32. The molecule has 5 rings (SSSR count). The van der Waals surface area contributed by atoms with Gasteiger partial charge < -0.3 is 24.9 Å². The lowest BCUT2D eigenvalue weighted by atomic mass is 9.93. The van der Waals surface area contributed by atoms with Gasteiger partial charge in [-0.2, -0.15) is 0 Å². The number of oxazole rings is 1. The van der Waals surface area contributed by atoms with Crippen LogP contribution in [-0.4, -0.2) is 62.6 Å². The van der Waals surface area contributed by atoms with Gasteiger partial charge in [-0.1, -0.05) is 6.07 Å². The van der Waals surface area contributed by atoms with Crippen LogP contribution < -0.4 is 15.4 Å². The molecule has 196 valence electrons. The van der Waals surface area contributed by atoms with E-state index in [9.17, 15) is 9.90 Å². The van der Waals surface area contributed by atoms with Crippen molar-refractivity contribution in [2.75, 3.05) is 25.0 Å². The molecule has 1 fully saturated rings. The number of nitrogens with one attached hydrogen (secondary N) is 2. The molecule has 11 heteroatoms. The van der Waals surface area contributed by atoms with Gasteiger partial charge in [0.2, 0.25) is 0 Å². The number of hydrogen-bond acceptors (Lipinski definition) is 9. The molecule has 1 atom stereocenters. The zero-order valence-electron chi connectivity index (χ0n) is 20.7. The van der Waals surface area contributed by atoms with E-state index in [1.807, 2.05) is 13.0 Å². The van der Waals surface area contributed by atoms with Crippen LogP contribution in [-0.2, 0) is 19.6 Å². The molecule has 0 radical (unpaired) electrons. The maximum Gasteiger partial charge on any atom is 0.270 e. The summed E-state index contributed by atoms with van der Waals surface area (Å²) in [6.07, 6.45) is 6.39. The van der Waals surface area contributed by atoms with E-state index in [1.54, 1.807) is 6.07 Å². The smallest absolute Gasteiger partial charge is 0.270 e. The number of rotatable bonds is 10. The second-order valence-electron chi connectivity index (χ2n) is 9.57. The Morgan fingerprint density at radius 2 is 2.19 bits per heavy atom. The van der Waals surface area contributed by atoms with Gasteiger partial charge in [0.1, 0.15) is 30.2 Å². The number of aryl methyl sites for hydroxylation is 1. The number of fused-ring (bicyclic) bond motifs is 1. The van der Waals surface area contributed by atoms with Crippen molar-refractivity contribution >= 4 is 27.7 Å². The first kappa shape index (κ1) is 25.6. The third-order valence-electron chi connectivity index (χ3n) is 6.90. The number of ether oxygens (including phenoxy) is 1. The molecule has 2 aromatic heterocycles. The second kappa shape index (κ2) is 11.6. The number of carbonyl (C=O) groups is 1. The number of halogens is 1. The minimum atomic E-state index is -0.698. The Balaban J connectivity index is 1.10. The first-order chi connectivity index (χ1) is 18.0. The number of nitrogens with zero attached hydrogens (tertiary/aromatic N) is 4. The summed E-state index contributed by atoms with van der Waals surface area (Å²) in [6, 6.07) is 6.09. The largest absolute Gasteiger partial charge is 0.484 e. The number of aromatic nitrogens is 3. The minimum absolute atomic E-state index is 0.148. The monoisotopic (exact) mass is 570 g/mol. The number of aliphatic hydroxyl groups excluding tert-OH is 1. The molecule has 0 bridgehead atoms. The van der Waals surface area contributed by atoms with Crippen molar-refractivity contribution in [2.45, 2.75) is 57.9 Å². The van der Waals surface area contributed by atoms with Gasteiger partial charge in [-0.15, -0.1) is 0 Å². The fraction of sp³-hybridized carbons (Fsp3) is 0.462. The predicted octanol–water partition coefficient (Wildman–Crippen LogP) is 3.23. The number of hydrogen-bond donors (Lipinski definition) is 3. The summed E-state index contributed by atoms with van der Waals surface area (Å²) in [7, 11) is 0. The zero-order chi connectivity index (χ0) is 25.8. The quantitative estimate of drug-likeness (QED) is 0.336. The number of benzene rings is 1. The van der Waals surface area contributed by atoms with Crippen molar-refractivity contribution in [2.24, 2.45) is 0 Å². The number of β-amino-alcohol motifs (C(OH)–C–C–N with tert-alkyl or cyclic N) is 1. The van der Waals surface area contributed by atoms with Gasteiger partial charge in [0, 0.05) is 38.3 Å². The van der Waals surface area contributed by atoms with Crippen LogP contribution in [0.5, 0.6) is 5.75 Å². The topological polar surface area (TPSA) is 126 Å². The highest BCUT2D eigenvalue weighted by Gasteiger charge is 2.23. The van der Waals surface area contributed by atoms with Crippen LogP contribution in [0.1, 0.15) is 52.3 Å². The summed E-state index contributed by atoms with van der Waals surface area (Å²) in [5.41, 5.74) is 3.51. The Hall–Kier alpha value is -3.02. The van der Waals surface area contributed by atoms with Crippen LogP contribution in [0.2, 0.25) is 0 Å². The van der Waals surface area contributed by atoms with E-state index in [0.29, 0.717) is 37.3 Å². The standard InChI is InChI=1S/C26H31BrN6O4/c1-16-23(37-15-31-16)13-36-22-6-5-17-11-33(8-7-20(17)25(22)27)12-19(34)10-28-26(35)21-9-24(30-14-29-21)32-18-3-2-4-18/h5-6,9,14-15,18-19,34H,2-4,7-8,10-13H2,1H3,(H,28,35)(H,29,30,32). The fourth-order valence-corrected chi connectivity index (χ4v) is 5.21. The highest BCUT2D eigenvalue weighted by molar-refractivity contribution is 9.10. The average Bonchev–Trinajstić information content (AvgIpc) is 3.29. The van der Waals surface area contributed by atoms with Crippen LogP contribution in [0, 0.1) is 6.92 Å². The van der Waals surface area contributed by atoms with E-state index >= 15 is 0 Å². The Labute approximate surface area is 224 Å². The molecule has 0 saturated heterocycles. The van der Waals surface area contributed by atoms with Crippen molar-refractivity contribution < 1.29 is 19.1 Å². The van der Waals surface area contributed by atoms with Gasteiger partial charge in [-0.25, -0.2) is 15.0 Å². The third-order valence-corrected chi connectivity index (χ3v) is 7.77. The van der Waals surface area contributed by atoms with Gasteiger partial charge in [-0.3, -0.25) is 9.69 Å². The molecule has 37 heavy (non-hydrogen) atoms. The molecule has 1 amide bonds. The van der Waals surface area contributed by atoms with Crippen molar-refractivity contribution in [1.82, 2.24) is 25.2 Å². The Bertz CT molecular complexity index is 1250. The van der Waals surface area contributed by atoms with Gasteiger partial charge in [0.15, 0.2) is 12.2 Å². The van der Waals surface area contributed by atoms with Gasteiger partial charge in [0.05, 0.1) is 16.3 Å². The lowest BCUT2D eigenvalue weighted by Crippen LogP contribution is -2.42. The number of amides is 1. The summed E-state index contributed by atoms with van der Waals surface area (Å²) in [5, 5.41) is 16.7. The van der Waals surface area contributed by atoms with Crippen molar-refractivity contribution in [1.29, 1.82) is 0 Å². The van der Waals surface area contributed by atoms with E-state index in [2.05, 4.69) is 52.5 Å². The molecule has 3 aromatic rings. The molecule has 0 spiro atoms. The molecular formula is C26H31BrN6O4. The molecule has 1 aliphatic heterocycles. The SMILES string of the molecule is Cc1ncoc1COc1ccc2c(c1Br)CCN(CC(O)CNC(=O)c1cc(NC3CCC3)ncn1)C2. The lowest BCUT2D eigenvalue weighted by molar-refractivity contribution is 0.0837. The molecule has 1 unspecified atom stereocenters. The van der Waals surface area contributed by atoms with Crippen molar-refractivity contribution in [3.63, 3.8) is 0 Å². The van der Waals surface area contributed by atoms with E-state index in [0.717, 1.165) is 41.7 Å². The van der Waals surface area contributed by atoms with Crippen LogP contribution in [0.15, 0.2) is 39.8 Å². The van der Waals surface area contributed by atoms with Gasteiger partial charge in [0.25, 0.3) is 5.91 Å². The average molecular weight is 571 g/mol. The number of aliphatic hydroxyl groups is 1. The number of carbonyl (C=O) groups excluding carboxylic acids is 1. The highest BCUT2D eigenvalue weighted by Crippen LogP contribution is 2.35. The predicted molar refractivity (Wildman–Crippen MR) is 140 cm³/mol.